The highest BCUT2D eigenvalue weighted by atomic mass is 32.2. The Morgan fingerprint density at radius 3 is 2.52 bits per heavy atom. The van der Waals surface area contributed by atoms with E-state index in [2.05, 4.69) is 4.72 Å². The van der Waals surface area contributed by atoms with Crippen molar-refractivity contribution in [1.82, 2.24) is 4.72 Å². The van der Waals surface area contributed by atoms with E-state index < -0.39 is 10.0 Å². The summed E-state index contributed by atoms with van der Waals surface area (Å²) in [5.74, 6) is 0.340. The van der Waals surface area contributed by atoms with Gasteiger partial charge in [0.25, 0.3) is 5.91 Å². The van der Waals surface area contributed by atoms with Crippen LogP contribution in [0, 0.1) is 6.92 Å². The molecular weight excluding hydrogens is 388 g/mol. The first-order valence-corrected chi connectivity index (χ1v) is 10.9. The molecule has 150 valence electrons. The molecule has 1 N–H and O–H groups in total. The van der Waals surface area contributed by atoms with Crippen LogP contribution >= 0.6 is 0 Å². The first-order chi connectivity index (χ1) is 13.9. The number of rotatable bonds is 7. The van der Waals surface area contributed by atoms with Crippen molar-refractivity contribution < 1.29 is 17.6 Å². The third kappa shape index (κ3) is 4.58. The van der Waals surface area contributed by atoms with E-state index in [9.17, 15) is 13.2 Å². The number of carbonyl (C=O) groups is 1. The second-order valence-electron chi connectivity index (χ2n) is 7.23. The quantitative estimate of drug-likeness (QED) is 0.641. The Balaban J connectivity index is 1.66. The van der Waals surface area contributed by atoms with Gasteiger partial charge in [-0.2, -0.15) is 0 Å². The summed E-state index contributed by atoms with van der Waals surface area (Å²) in [5, 5.41) is 0. The van der Waals surface area contributed by atoms with E-state index >= 15 is 0 Å². The minimum absolute atomic E-state index is 0.00219. The number of aryl methyl sites for hydroxylation is 1. The third-order valence-electron chi connectivity index (χ3n) is 4.78. The molecule has 1 aliphatic carbocycles. The van der Waals surface area contributed by atoms with E-state index in [1.54, 1.807) is 35.4 Å². The van der Waals surface area contributed by atoms with Crippen LogP contribution in [-0.4, -0.2) is 20.4 Å². The van der Waals surface area contributed by atoms with E-state index in [0.717, 1.165) is 18.4 Å². The van der Waals surface area contributed by atoms with Gasteiger partial charge in [0, 0.05) is 17.3 Å². The predicted molar refractivity (Wildman–Crippen MR) is 110 cm³/mol. The summed E-state index contributed by atoms with van der Waals surface area (Å²) in [4.78, 5) is 15.0. The van der Waals surface area contributed by atoms with Gasteiger partial charge in [-0.25, -0.2) is 13.1 Å². The zero-order valence-corrected chi connectivity index (χ0v) is 16.9. The van der Waals surface area contributed by atoms with Crippen molar-refractivity contribution in [3.8, 4) is 0 Å². The van der Waals surface area contributed by atoms with Crippen LogP contribution in [0.4, 0.5) is 5.69 Å². The number of nitrogens with zero attached hydrogens (tertiary/aromatic N) is 1. The Morgan fingerprint density at radius 1 is 1.10 bits per heavy atom. The zero-order chi connectivity index (χ0) is 20.4. The second-order valence-corrected chi connectivity index (χ2v) is 8.94. The Bertz CT molecular complexity index is 1100. The SMILES string of the molecule is Cc1ccc(N(Cc2ccco2)C(=O)c2cccc(S(=O)(=O)NC3CC3)c2)cc1. The van der Waals surface area contributed by atoms with Crippen molar-refractivity contribution in [1.29, 1.82) is 0 Å². The van der Waals surface area contributed by atoms with E-state index in [-0.39, 0.29) is 23.4 Å². The molecular formula is C22H22N2O4S. The molecule has 3 aromatic rings. The van der Waals surface area contributed by atoms with E-state index in [1.807, 2.05) is 31.2 Å². The van der Waals surface area contributed by atoms with E-state index in [1.165, 1.54) is 12.1 Å². The second kappa shape index (κ2) is 7.85. The average molecular weight is 410 g/mol. The number of hydrogen-bond donors (Lipinski definition) is 1. The molecule has 0 spiro atoms. The van der Waals surface area contributed by atoms with E-state index in [4.69, 9.17) is 4.42 Å². The monoisotopic (exact) mass is 410 g/mol. The van der Waals surface area contributed by atoms with E-state index in [0.29, 0.717) is 17.0 Å². The minimum atomic E-state index is -3.64. The summed E-state index contributed by atoms with van der Waals surface area (Å²) >= 11 is 0. The Kier molecular flexibility index (Phi) is 5.25. The van der Waals surface area contributed by atoms with Crippen LogP contribution in [0.2, 0.25) is 0 Å². The lowest BCUT2D eigenvalue weighted by molar-refractivity contribution is 0.0983. The van der Waals surface area contributed by atoms with Gasteiger partial charge >= 0.3 is 0 Å². The predicted octanol–water partition coefficient (Wildman–Crippen LogP) is 3.88. The summed E-state index contributed by atoms with van der Waals surface area (Å²) in [6.45, 7) is 2.22. The molecule has 4 rings (SSSR count). The van der Waals surface area contributed by atoms with Crippen LogP contribution in [0.25, 0.3) is 0 Å². The fourth-order valence-corrected chi connectivity index (χ4v) is 4.35. The molecule has 6 nitrogen and oxygen atoms in total. The minimum Gasteiger partial charge on any atom is -0.467 e. The van der Waals surface area contributed by atoms with Crippen LogP contribution < -0.4 is 9.62 Å². The maximum absolute atomic E-state index is 13.3. The fraction of sp³-hybridized carbons (Fsp3) is 0.227. The van der Waals surface area contributed by atoms with Gasteiger partial charge in [0.1, 0.15) is 5.76 Å². The molecule has 29 heavy (non-hydrogen) atoms. The molecule has 7 heteroatoms. The fourth-order valence-electron chi connectivity index (χ4n) is 3.00. The highest BCUT2D eigenvalue weighted by molar-refractivity contribution is 7.89. The van der Waals surface area contributed by atoms with Crippen molar-refractivity contribution in [3.63, 3.8) is 0 Å². The molecule has 0 saturated heterocycles. The highest BCUT2D eigenvalue weighted by Crippen LogP contribution is 2.24. The largest absolute Gasteiger partial charge is 0.467 e. The molecule has 0 bridgehead atoms. The molecule has 0 unspecified atom stereocenters. The Morgan fingerprint density at radius 2 is 1.86 bits per heavy atom. The number of amides is 1. The van der Waals surface area contributed by atoms with Gasteiger partial charge in [-0.15, -0.1) is 0 Å². The molecule has 1 aliphatic rings. The van der Waals surface area contributed by atoms with Gasteiger partial charge in [-0.05, 0) is 62.2 Å². The van der Waals surface area contributed by atoms with Crippen LogP contribution in [0.15, 0.2) is 76.2 Å². The van der Waals surface area contributed by atoms with Crippen molar-refractivity contribution >= 4 is 21.6 Å². The van der Waals surface area contributed by atoms with Crippen molar-refractivity contribution in [2.45, 2.75) is 37.2 Å². The van der Waals surface area contributed by atoms with Crippen molar-refractivity contribution in [3.05, 3.63) is 83.8 Å². The molecule has 2 aromatic carbocycles. The lowest BCUT2D eigenvalue weighted by Gasteiger charge is -2.22. The number of benzene rings is 2. The van der Waals surface area contributed by atoms with Crippen molar-refractivity contribution in [2.24, 2.45) is 0 Å². The van der Waals surface area contributed by atoms with Gasteiger partial charge in [-0.3, -0.25) is 4.79 Å². The standard InChI is InChI=1S/C22H22N2O4S/c1-16-7-11-19(12-8-16)24(15-20-5-3-13-28-20)22(25)17-4-2-6-21(14-17)29(26,27)23-18-9-10-18/h2-8,11-14,18,23H,9-10,15H2,1H3. The number of carbonyl (C=O) groups excluding carboxylic acids is 1. The van der Waals surface area contributed by atoms with Crippen LogP contribution in [0.3, 0.4) is 0 Å². The van der Waals surface area contributed by atoms with Crippen molar-refractivity contribution in [2.75, 3.05) is 4.90 Å². The number of nitrogens with one attached hydrogen (secondary N) is 1. The lowest BCUT2D eigenvalue weighted by atomic mass is 10.1. The molecule has 0 atom stereocenters. The first-order valence-electron chi connectivity index (χ1n) is 9.46. The summed E-state index contributed by atoms with van der Waals surface area (Å²) in [6, 6.07) is 17.3. The van der Waals surface area contributed by atoms with Gasteiger partial charge < -0.3 is 9.32 Å². The lowest BCUT2D eigenvalue weighted by Crippen LogP contribution is -2.31. The summed E-state index contributed by atoms with van der Waals surface area (Å²) in [5.41, 5.74) is 2.09. The van der Waals surface area contributed by atoms with Crippen LogP contribution in [0.5, 0.6) is 0 Å². The van der Waals surface area contributed by atoms with Gasteiger partial charge in [0.2, 0.25) is 10.0 Å². The third-order valence-corrected chi connectivity index (χ3v) is 6.29. The van der Waals surface area contributed by atoms with Gasteiger partial charge in [0.05, 0.1) is 17.7 Å². The van der Waals surface area contributed by atoms with Gasteiger partial charge in [-0.1, -0.05) is 23.8 Å². The molecule has 1 amide bonds. The highest BCUT2D eigenvalue weighted by Gasteiger charge is 2.28. The molecule has 1 fully saturated rings. The first kappa shape index (κ1) is 19.4. The van der Waals surface area contributed by atoms with Crippen LogP contribution in [0.1, 0.15) is 34.5 Å². The number of sulfonamides is 1. The summed E-state index contributed by atoms with van der Waals surface area (Å²) in [7, 11) is -3.64. The number of hydrogen-bond acceptors (Lipinski definition) is 4. The van der Waals surface area contributed by atoms with Crippen LogP contribution in [-0.2, 0) is 16.6 Å². The average Bonchev–Trinajstić information content (AvgIpc) is 3.36. The maximum atomic E-state index is 13.3. The normalized spacial score (nSPS) is 14.0. The summed E-state index contributed by atoms with van der Waals surface area (Å²) < 4.78 is 33.2. The molecule has 1 saturated carbocycles. The smallest absolute Gasteiger partial charge is 0.258 e. The van der Waals surface area contributed by atoms with Gasteiger partial charge in [0.15, 0.2) is 0 Å². The Labute approximate surface area is 170 Å². The maximum Gasteiger partial charge on any atom is 0.258 e. The molecule has 1 heterocycles. The number of anilines is 1. The summed E-state index contributed by atoms with van der Waals surface area (Å²) in [6.07, 6.45) is 3.26. The molecule has 0 aliphatic heterocycles. The molecule has 1 aromatic heterocycles. The topological polar surface area (TPSA) is 79.6 Å². The Hall–Kier alpha value is -2.90. The number of furan rings is 1. The molecule has 0 radical (unpaired) electrons. The zero-order valence-electron chi connectivity index (χ0n) is 16.0.